The predicted octanol–water partition coefficient (Wildman–Crippen LogP) is 4.83. The first-order valence-electron chi connectivity index (χ1n) is 10.9. The van der Waals surface area contributed by atoms with Crippen LogP contribution in [0.25, 0.3) is 27.6 Å². The highest BCUT2D eigenvalue weighted by molar-refractivity contribution is 7.99. The molecule has 0 aliphatic carbocycles. The molecule has 0 bridgehead atoms. The van der Waals surface area contributed by atoms with Crippen LogP contribution in [0.3, 0.4) is 0 Å². The number of imidazole rings is 1. The molecule has 5 rings (SSSR count). The Balaban J connectivity index is 1.46. The van der Waals surface area contributed by atoms with Gasteiger partial charge in [-0.05, 0) is 56.2 Å². The summed E-state index contributed by atoms with van der Waals surface area (Å²) in [6, 6.07) is 21.2. The van der Waals surface area contributed by atoms with Crippen LogP contribution >= 0.6 is 11.8 Å². The molecule has 0 amide bonds. The summed E-state index contributed by atoms with van der Waals surface area (Å²) < 4.78 is 3.49. The average Bonchev–Trinajstić information content (AvgIpc) is 3.13. The lowest BCUT2D eigenvalue weighted by Crippen LogP contribution is -2.22. The zero-order valence-electron chi connectivity index (χ0n) is 18.5. The van der Waals surface area contributed by atoms with Gasteiger partial charge in [-0.1, -0.05) is 53.7 Å². The number of aromatic amines is 1. The fraction of sp³-hybridized carbons (Fsp3) is 0.192. The van der Waals surface area contributed by atoms with Crippen LogP contribution in [0.1, 0.15) is 17.5 Å². The highest BCUT2D eigenvalue weighted by Gasteiger charge is 2.15. The van der Waals surface area contributed by atoms with Gasteiger partial charge in [0.25, 0.3) is 5.56 Å². The predicted molar refractivity (Wildman–Crippen MR) is 135 cm³/mol. The standard InChI is InChI=1S/C26H24N4O2S/c1-17-12-13-22(18(2)16-17)30-24(31)19-8-3-4-9-20(19)28-26(30)33-15-7-14-29-23-11-6-5-10-21(23)27-25(29)32/h3-6,8-13,16H,7,14-15H2,1-2H3,(H,27,32). The van der Waals surface area contributed by atoms with Gasteiger partial charge in [0.15, 0.2) is 5.16 Å². The van der Waals surface area contributed by atoms with E-state index in [0.717, 1.165) is 40.0 Å². The minimum Gasteiger partial charge on any atom is -0.306 e. The van der Waals surface area contributed by atoms with E-state index in [-0.39, 0.29) is 11.2 Å². The lowest BCUT2D eigenvalue weighted by Gasteiger charge is -2.15. The number of hydrogen-bond donors (Lipinski definition) is 1. The Hall–Kier alpha value is -3.58. The van der Waals surface area contributed by atoms with Crippen LogP contribution in [0.15, 0.2) is 81.5 Å². The Morgan fingerprint density at radius 2 is 1.76 bits per heavy atom. The van der Waals surface area contributed by atoms with Crippen molar-refractivity contribution in [1.29, 1.82) is 0 Å². The van der Waals surface area contributed by atoms with Crippen molar-refractivity contribution < 1.29 is 0 Å². The monoisotopic (exact) mass is 456 g/mol. The first kappa shape index (κ1) is 21.3. The molecule has 5 aromatic rings. The van der Waals surface area contributed by atoms with E-state index in [1.165, 1.54) is 0 Å². The fourth-order valence-electron chi connectivity index (χ4n) is 4.19. The number of hydrogen-bond acceptors (Lipinski definition) is 4. The van der Waals surface area contributed by atoms with Gasteiger partial charge in [0.2, 0.25) is 0 Å². The van der Waals surface area contributed by atoms with Crippen molar-refractivity contribution >= 4 is 33.7 Å². The molecule has 7 heteroatoms. The number of H-pyrrole nitrogens is 1. The van der Waals surface area contributed by atoms with Crippen molar-refractivity contribution in [1.82, 2.24) is 19.1 Å². The van der Waals surface area contributed by atoms with E-state index in [1.807, 2.05) is 74.5 Å². The maximum Gasteiger partial charge on any atom is 0.326 e. The van der Waals surface area contributed by atoms with Crippen LogP contribution in [0.5, 0.6) is 0 Å². The number of nitrogens with zero attached hydrogens (tertiary/aromatic N) is 3. The second-order valence-electron chi connectivity index (χ2n) is 8.14. The summed E-state index contributed by atoms with van der Waals surface area (Å²) in [6.45, 7) is 4.65. The van der Waals surface area contributed by atoms with Gasteiger partial charge in [-0.3, -0.25) is 13.9 Å². The molecule has 0 spiro atoms. The van der Waals surface area contributed by atoms with Crippen LogP contribution in [0, 0.1) is 13.8 Å². The molecule has 2 heterocycles. The third kappa shape index (κ3) is 4.00. The van der Waals surface area contributed by atoms with Crippen LogP contribution in [0.4, 0.5) is 0 Å². The molecule has 166 valence electrons. The molecular weight excluding hydrogens is 432 g/mol. The zero-order chi connectivity index (χ0) is 22.9. The summed E-state index contributed by atoms with van der Waals surface area (Å²) in [5.74, 6) is 0.724. The Bertz CT molecular complexity index is 1600. The third-order valence-electron chi connectivity index (χ3n) is 5.78. The summed E-state index contributed by atoms with van der Waals surface area (Å²) in [7, 11) is 0. The van der Waals surface area contributed by atoms with Crippen LogP contribution < -0.4 is 11.2 Å². The van der Waals surface area contributed by atoms with Crippen LogP contribution in [-0.4, -0.2) is 24.9 Å². The van der Waals surface area contributed by atoms with E-state index < -0.39 is 0 Å². The number of fused-ring (bicyclic) bond motifs is 2. The molecular formula is C26H24N4O2S. The molecule has 0 fully saturated rings. The van der Waals surface area contributed by atoms with E-state index in [2.05, 4.69) is 11.1 Å². The zero-order valence-corrected chi connectivity index (χ0v) is 19.4. The summed E-state index contributed by atoms with van der Waals surface area (Å²) in [5, 5.41) is 1.27. The van der Waals surface area contributed by atoms with Crippen molar-refractivity contribution in [2.45, 2.75) is 32.0 Å². The van der Waals surface area contributed by atoms with Crippen LogP contribution in [0.2, 0.25) is 0 Å². The van der Waals surface area contributed by atoms with Gasteiger partial charge in [-0.15, -0.1) is 0 Å². The molecule has 0 unspecified atom stereocenters. The number of aryl methyl sites for hydroxylation is 3. The van der Waals surface area contributed by atoms with E-state index in [1.54, 1.807) is 20.9 Å². The van der Waals surface area contributed by atoms with Gasteiger partial charge in [-0.25, -0.2) is 9.78 Å². The molecule has 0 aliphatic heterocycles. The SMILES string of the molecule is Cc1ccc(-n2c(SCCCn3c(=O)[nH]c4ccccc43)nc3ccccc3c2=O)c(C)c1. The van der Waals surface area contributed by atoms with Gasteiger partial charge in [0, 0.05) is 12.3 Å². The average molecular weight is 457 g/mol. The Kier molecular flexibility index (Phi) is 5.64. The maximum atomic E-state index is 13.5. The molecule has 1 N–H and O–H groups in total. The number of para-hydroxylation sites is 3. The van der Waals surface area contributed by atoms with E-state index in [4.69, 9.17) is 4.98 Å². The fourth-order valence-corrected chi connectivity index (χ4v) is 5.12. The number of rotatable bonds is 6. The van der Waals surface area contributed by atoms with E-state index in [0.29, 0.717) is 22.6 Å². The van der Waals surface area contributed by atoms with Gasteiger partial charge in [-0.2, -0.15) is 0 Å². The van der Waals surface area contributed by atoms with Crippen molar-refractivity contribution in [2.24, 2.45) is 0 Å². The van der Waals surface area contributed by atoms with Gasteiger partial charge in [0.05, 0.1) is 27.6 Å². The summed E-state index contributed by atoms with van der Waals surface area (Å²) in [4.78, 5) is 33.5. The Morgan fingerprint density at radius 3 is 2.61 bits per heavy atom. The number of nitrogens with one attached hydrogen (secondary N) is 1. The minimum atomic E-state index is -0.0998. The molecule has 3 aromatic carbocycles. The molecule has 2 aromatic heterocycles. The second kappa shape index (κ2) is 8.75. The summed E-state index contributed by atoms with van der Waals surface area (Å²) in [5.41, 5.74) is 5.30. The van der Waals surface area contributed by atoms with Gasteiger partial charge in [0.1, 0.15) is 0 Å². The molecule has 0 radical (unpaired) electrons. The highest BCUT2D eigenvalue weighted by Crippen LogP contribution is 2.24. The first-order valence-corrected chi connectivity index (χ1v) is 11.9. The normalized spacial score (nSPS) is 11.5. The Labute approximate surface area is 194 Å². The smallest absolute Gasteiger partial charge is 0.306 e. The van der Waals surface area contributed by atoms with E-state index in [9.17, 15) is 9.59 Å². The number of benzene rings is 3. The van der Waals surface area contributed by atoms with Crippen molar-refractivity contribution in [2.75, 3.05) is 5.75 Å². The first-order chi connectivity index (χ1) is 16.0. The number of aromatic nitrogens is 4. The molecule has 0 saturated heterocycles. The lowest BCUT2D eigenvalue weighted by atomic mass is 10.1. The second-order valence-corrected chi connectivity index (χ2v) is 9.21. The minimum absolute atomic E-state index is 0.0668. The largest absolute Gasteiger partial charge is 0.326 e. The molecule has 6 nitrogen and oxygen atoms in total. The lowest BCUT2D eigenvalue weighted by molar-refractivity contribution is 0.678. The quantitative estimate of drug-likeness (QED) is 0.226. The molecule has 0 atom stereocenters. The van der Waals surface area contributed by atoms with Gasteiger partial charge < -0.3 is 4.98 Å². The molecule has 0 aliphatic rings. The topological polar surface area (TPSA) is 72.7 Å². The summed E-state index contributed by atoms with van der Waals surface area (Å²) >= 11 is 1.54. The van der Waals surface area contributed by atoms with Crippen LogP contribution in [-0.2, 0) is 6.54 Å². The molecule has 33 heavy (non-hydrogen) atoms. The van der Waals surface area contributed by atoms with Crippen molar-refractivity contribution in [3.8, 4) is 5.69 Å². The van der Waals surface area contributed by atoms with Gasteiger partial charge >= 0.3 is 5.69 Å². The molecule has 0 saturated carbocycles. The summed E-state index contributed by atoms with van der Waals surface area (Å²) in [6.07, 6.45) is 0.766. The van der Waals surface area contributed by atoms with Crippen molar-refractivity contribution in [3.63, 3.8) is 0 Å². The Morgan fingerprint density at radius 1 is 0.970 bits per heavy atom. The van der Waals surface area contributed by atoms with Crippen molar-refractivity contribution in [3.05, 3.63) is 98.7 Å². The highest BCUT2D eigenvalue weighted by atomic mass is 32.2. The number of thioether (sulfide) groups is 1. The van der Waals surface area contributed by atoms with E-state index >= 15 is 0 Å². The maximum absolute atomic E-state index is 13.5. The third-order valence-corrected chi connectivity index (χ3v) is 6.80.